The maximum Gasteiger partial charge on any atom is 0.315 e. The number of carbonyl (C=O) groups excluding carboxylic acids is 1. The number of carbonyl (C=O) groups is 1. The van der Waals surface area contributed by atoms with Gasteiger partial charge in [0.1, 0.15) is 5.75 Å². The third kappa shape index (κ3) is 5.12. The number of benzene rings is 1. The van der Waals surface area contributed by atoms with E-state index in [0.29, 0.717) is 12.4 Å². The summed E-state index contributed by atoms with van der Waals surface area (Å²) in [6, 6.07) is 8.05. The number of nitrogens with one attached hydrogen (secondary N) is 1. The molecule has 0 radical (unpaired) electrons. The fraction of sp³-hybridized carbons (Fsp3) is 0.500. The highest BCUT2D eigenvalue weighted by molar-refractivity contribution is 7.99. The second-order valence-corrected chi connectivity index (χ2v) is 4.93. The minimum Gasteiger partial charge on any atom is -0.496 e. The summed E-state index contributed by atoms with van der Waals surface area (Å²) < 4.78 is 10.3. The van der Waals surface area contributed by atoms with Gasteiger partial charge in [0.05, 0.1) is 19.5 Å². The van der Waals surface area contributed by atoms with Crippen molar-refractivity contribution in [3.05, 3.63) is 29.8 Å². The molecule has 1 aromatic rings. The predicted octanol–water partition coefficient (Wildman–Crippen LogP) is 2.25. The lowest BCUT2D eigenvalue weighted by Gasteiger charge is -2.18. The van der Waals surface area contributed by atoms with Gasteiger partial charge in [0, 0.05) is 17.4 Å². The first-order valence-electron chi connectivity index (χ1n) is 6.26. The molecule has 0 fully saturated rings. The summed E-state index contributed by atoms with van der Waals surface area (Å²) in [6.45, 7) is 2.25. The lowest BCUT2D eigenvalue weighted by Crippen LogP contribution is -2.20. The Morgan fingerprint density at radius 1 is 1.42 bits per heavy atom. The van der Waals surface area contributed by atoms with Gasteiger partial charge in [-0.1, -0.05) is 18.2 Å². The molecule has 0 saturated heterocycles. The number of para-hydroxylation sites is 1. The zero-order valence-electron chi connectivity index (χ0n) is 11.6. The van der Waals surface area contributed by atoms with Crippen LogP contribution in [0.25, 0.3) is 0 Å². The van der Waals surface area contributed by atoms with Crippen LogP contribution in [0.4, 0.5) is 0 Å². The van der Waals surface area contributed by atoms with E-state index in [4.69, 9.17) is 9.47 Å². The second-order valence-electron chi connectivity index (χ2n) is 3.90. The van der Waals surface area contributed by atoms with Gasteiger partial charge in [-0.05, 0) is 20.0 Å². The van der Waals surface area contributed by atoms with Crippen LogP contribution in [-0.2, 0) is 9.53 Å². The zero-order valence-corrected chi connectivity index (χ0v) is 12.5. The van der Waals surface area contributed by atoms with E-state index in [2.05, 4.69) is 5.32 Å². The molecule has 1 aromatic carbocycles. The van der Waals surface area contributed by atoms with Crippen molar-refractivity contribution in [2.75, 3.05) is 32.3 Å². The van der Waals surface area contributed by atoms with Crippen LogP contribution in [0.5, 0.6) is 5.75 Å². The van der Waals surface area contributed by atoms with Gasteiger partial charge in [-0.2, -0.15) is 0 Å². The molecule has 106 valence electrons. The van der Waals surface area contributed by atoms with Gasteiger partial charge in [-0.3, -0.25) is 4.79 Å². The number of methoxy groups -OCH3 is 1. The normalized spacial score (nSPS) is 11.9. The molecule has 0 heterocycles. The number of thioether (sulfide) groups is 1. The first-order valence-corrected chi connectivity index (χ1v) is 7.41. The van der Waals surface area contributed by atoms with E-state index in [-0.39, 0.29) is 12.0 Å². The summed E-state index contributed by atoms with van der Waals surface area (Å²) in [5, 5.41) is 3.25. The van der Waals surface area contributed by atoms with Crippen LogP contribution < -0.4 is 10.1 Å². The van der Waals surface area contributed by atoms with E-state index in [0.717, 1.165) is 17.1 Å². The molecule has 0 aliphatic heterocycles. The molecule has 0 aromatic heterocycles. The Morgan fingerprint density at radius 2 is 2.16 bits per heavy atom. The molecule has 4 nitrogen and oxygen atoms in total. The highest BCUT2D eigenvalue weighted by Crippen LogP contribution is 2.27. The fourth-order valence-corrected chi connectivity index (χ4v) is 2.70. The molecule has 0 bridgehead atoms. The van der Waals surface area contributed by atoms with Gasteiger partial charge >= 0.3 is 5.97 Å². The molecule has 1 rings (SSSR count). The van der Waals surface area contributed by atoms with Crippen LogP contribution in [0.3, 0.4) is 0 Å². The van der Waals surface area contributed by atoms with Crippen LogP contribution in [-0.4, -0.2) is 38.2 Å². The van der Waals surface area contributed by atoms with E-state index < -0.39 is 0 Å². The van der Waals surface area contributed by atoms with E-state index in [1.54, 1.807) is 18.9 Å². The van der Waals surface area contributed by atoms with Crippen LogP contribution in [0.15, 0.2) is 24.3 Å². The summed E-state index contributed by atoms with van der Waals surface area (Å²) in [5.41, 5.74) is 1.10. The minimum atomic E-state index is -0.164. The van der Waals surface area contributed by atoms with Gasteiger partial charge in [-0.25, -0.2) is 0 Å². The Balaban J connectivity index is 2.56. The summed E-state index contributed by atoms with van der Waals surface area (Å²) >= 11 is 1.56. The molecule has 0 aliphatic rings. The summed E-state index contributed by atoms with van der Waals surface area (Å²) in [6.07, 6.45) is 0. The Kier molecular flexibility index (Phi) is 7.36. The van der Waals surface area contributed by atoms with Crippen molar-refractivity contribution in [1.29, 1.82) is 0 Å². The molecule has 19 heavy (non-hydrogen) atoms. The van der Waals surface area contributed by atoms with Crippen LogP contribution in [0.2, 0.25) is 0 Å². The quantitative estimate of drug-likeness (QED) is 0.742. The average molecular weight is 283 g/mol. The van der Waals surface area contributed by atoms with Gasteiger partial charge in [-0.15, -0.1) is 11.8 Å². The van der Waals surface area contributed by atoms with Crippen LogP contribution in [0, 0.1) is 0 Å². The SMILES string of the molecule is CCOC(=O)CSCC(NC)c1ccccc1OC. The van der Waals surface area contributed by atoms with E-state index >= 15 is 0 Å². The van der Waals surface area contributed by atoms with Gasteiger partial charge < -0.3 is 14.8 Å². The van der Waals surface area contributed by atoms with Crippen molar-refractivity contribution in [1.82, 2.24) is 5.32 Å². The molecule has 0 aliphatic carbocycles. The highest BCUT2D eigenvalue weighted by Gasteiger charge is 2.14. The first-order chi connectivity index (χ1) is 9.22. The Morgan fingerprint density at radius 3 is 2.79 bits per heavy atom. The Hall–Kier alpha value is -1.20. The van der Waals surface area contributed by atoms with Crippen LogP contribution >= 0.6 is 11.8 Å². The van der Waals surface area contributed by atoms with Crippen molar-refractivity contribution >= 4 is 17.7 Å². The molecule has 0 spiro atoms. The zero-order chi connectivity index (χ0) is 14.1. The average Bonchev–Trinajstić information content (AvgIpc) is 2.44. The fourth-order valence-electron chi connectivity index (χ4n) is 1.75. The molecule has 0 saturated carbocycles. The first kappa shape index (κ1) is 15.9. The second kappa shape index (κ2) is 8.82. The maximum absolute atomic E-state index is 11.3. The monoisotopic (exact) mass is 283 g/mol. The number of hydrogen-bond acceptors (Lipinski definition) is 5. The molecule has 1 unspecified atom stereocenters. The van der Waals surface area contributed by atoms with E-state index in [1.165, 1.54) is 0 Å². The topological polar surface area (TPSA) is 47.6 Å². The van der Waals surface area contributed by atoms with Crippen molar-refractivity contribution in [2.24, 2.45) is 0 Å². The van der Waals surface area contributed by atoms with Gasteiger partial charge in [0.15, 0.2) is 0 Å². The van der Waals surface area contributed by atoms with E-state index in [1.807, 2.05) is 38.2 Å². The van der Waals surface area contributed by atoms with Crippen molar-refractivity contribution in [2.45, 2.75) is 13.0 Å². The molecule has 0 amide bonds. The lowest BCUT2D eigenvalue weighted by molar-refractivity contribution is -0.139. The third-order valence-electron chi connectivity index (χ3n) is 2.67. The lowest BCUT2D eigenvalue weighted by atomic mass is 10.1. The van der Waals surface area contributed by atoms with E-state index in [9.17, 15) is 4.79 Å². The number of hydrogen-bond donors (Lipinski definition) is 1. The summed E-state index contributed by atoms with van der Waals surface area (Å²) in [4.78, 5) is 11.3. The summed E-state index contributed by atoms with van der Waals surface area (Å²) in [7, 11) is 3.57. The van der Waals surface area contributed by atoms with Crippen molar-refractivity contribution in [3.63, 3.8) is 0 Å². The summed E-state index contributed by atoms with van der Waals surface area (Å²) in [5.74, 6) is 1.86. The maximum atomic E-state index is 11.3. The molecule has 5 heteroatoms. The number of esters is 1. The number of ether oxygens (including phenoxy) is 2. The van der Waals surface area contributed by atoms with Crippen LogP contribution in [0.1, 0.15) is 18.5 Å². The third-order valence-corrected chi connectivity index (χ3v) is 3.68. The van der Waals surface area contributed by atoms with Crippen molar-refractivity contribution < 1.29 is 14.3 Å². The number of rotatable bonds is 8. The Labute approximate surface area is 118 Å². The largest absolute Gasteiger partial charge is 0.496 e. The predicted molar refractivity (Wildman–Crippen MR) is 78.8 cm³/mol. The Bertz CT molecular complexity index is 398. The van der Waals surface area contributed by atoms with Gasteiger partial charge in [0.25, 0.3) is 0 Å². The standard InChI is InChI=1S/C14H21NO3S/c1-4-18-14(16)10-19-9-12(15-2)11-7-5-6-8-13(11)17-3/h5-8,12,15H,4,9-10H2,1-3H3. The minimum absolute atomic E-state index is 0.149. The molecular weight excluding hydrogens is 262 g/mol. The smallest absolute Gasteiger partial charge is 0.315 e. The van der Waals surface area contributed by atoms with Crippen molar-refractivity contribution in [3.8, 4) is 5.75 Å². The molecular formula is C14H21NO3S. The molecule has 1 atom stereocenters. The highest BCUT2D eigenvalue weighted by atomic mass is 32.2. The molecule has 1 N–H and O–H groups in total. The van der Waals surface area contributed by atoms with Gasteiger partial charge in [0.2, 0.25) is 0 Å².